The van der Waals surface area contributed by atoms with Crippen LogP contribution < -0.4 is 10.0 Å². The molecule has 0 radical (unpaired) electrons. The predicted molar refractivity (Wildman–Crippen MR) is 165 cm³/mol. The first-order chi connectivity index (χ1) is 19.6. The number of benzene rings is 2. The molecule has 0 spiro atoms. The highest BCUT2D eigenvalue weighted by Gasteiger charge is 2.16. The van der Waals surface area contributed by atoms with Gasteiger partial charge < -0.3 is 18.8 Å². The van der Waals surface area contributed by atoms with Crippen LogP contribution in [-0.4, -0.2) is 49.9 Å². The number of ether oxygens (including phenoxy) is 3. The number of hydrazone groups is 2. The maximum Gasteiger partial charge on any atom is 0.107 e. The summed E-state index contributed by atoms with van der Waals surface area (Å²) in [5.74, 6) is 0. The lowest BCUT2D eigenvalue weighted by Crippen LogP contribution is -2.22. The zero-order valence-corrected chi connectivity index (χ0v) is 23.5. The Bertz CT molecular complexity index is 1180. The normalized spacial score (nSPS) is 10.9. The molecule has 2 aromatic carbocycles. The fourth-order valence-corrected chi connectivity index (χ4v) is 4.12. The third-order valence-corrected chi connectivity index (χ3v) is 6.29. The Hall–Kier alpha value is -4.72. The molecule has 3 rings (SSSR count). The third kappa shape index (κ3) is 8.39. The lowest BCUT2D eigenvalue weighted by molar-refractivity contribution is 0.236. The Kier molecular flexibility index (Phi) is 12.1. The standard InChI is InChI=1S/C32H39N5O3/c1-6-38-22-19-35-31(25-33-36(20-23-39-7-2)29-15-11-9-12-16-29)27(4)28(5)32(35)26-34-37(21-24-40-8-3)30-17-13-10-14-18-30/h6-18,25-26H,1-3,19-24H2,4-5H3/b33-25+,34-26+. The summed E-state index contributed by atoms with van der Waals surface area (Å²) >= 11 is 0. The van der Waals surface area contributed by atoms with Crippen LogP contribution >= 0.6 is 0 Å². The lowest BCUT2D eigenvalue weighted by Gasteiger charge is -2.19. The van der Waals surface area contributed by atoms with Gasteiger partial charge in [0, 0.05) is 0 Å². The minimum absolute atomic E-state index is 0.462. The van der Waals surface area contributed by atoms with Gasteiger partial charge in [0.2, 0.25) is 0 Å². The summed E-state index contributed by atoms with van der Waals surface area (Å²) in [7, 11) is 0. The highest BCUT2D eigenvalue weighted by molar-refractivity contribution is 5.88. The van der Waals surface area contributed by atoms with Crippen LogP contribution in [0.15, 0.2) is 109 Å². The van der Waals surface area contributed by atoms with Crippen molar-refractivity contribution in [3.05, 3.63) is 122 Å². The molecule has 3 aromatic rings. The second-order valence-corrected chi connectivity index (χ2v) is 8.69. The van der Waals surface area contributed by atoms with E-state index < -0.39 is 0 Å². The number of para-hydroxylation sites is 2. The van der Waals surface area contributed by atoms with Crippen molar-refractivity contribution in [1.29, 1.82) is 0 Å². The van der Waals surface area contributed by atoms with E-state index in [0.717, 1.165) is 33.9 Å². The van der Waals surface area contributed by atoms with Gasteiger partial charge in [-0.15, -0.1) is 0 Å². The van der Waals surface area contributed by atoms with Gasteiger partial charge in [0.05, 0.1) is 73.6 Å². The maximum atomic E-state index is 5.50. The third-order valence-electron chi connectivity index (χ3n) is 6.29. The molecule has 0 saturated heterocycles. The van der Waals surface area contributed by atoms with Crippen LogP contribution in [0.5, 0.6) is 0 Å². The molecule has 0 aliphatic carbocycles. The van der Waals surface area contributed by atoms with E-state index in [1.165, 1.54) is 18.8 Å². The molecule has 1 aromatic heterocycles. The van der Waals surface area contributed by atoms with Crippen LogP contribution in [0.3, 0.4) is 0 Å². The first kappa shape index (κ1) is 29.8. The van der Waals surface area contributed by atoms with Crippen molar-refractivity contribution in [3.63, 3.8) is 0 Å². The predicted octanol–water partition coefficient (Wildman–Crippen LogP) is 6.27. The minimum atomic E-state index is 0.462. The summed E-state index contributed by atoms with van der Waals surface area (Å²) < 4.78 is 18.4. The number of nitrogens with zero attached hydrogens (tertiary/aromatic N) is 5. The minimum Gasteiger partial charge on any atom is -0.500 e. The SMILES string of the molecule is C=COCCN(/N=C/c1c(C)c(C)c(/C=N/N(CCOC=C)c2ccccc2)n1CCOC=C)c1ccccc1. The second-order valence-electron chi connectivity index (χ2n) is 8.69. The molecule has 0 bridgehead atoms. The van der Waals surface area contributed by atoms with Crippen molar-refractivity contribution in [2.45, 2.75) is 20.4 Å². The first-order valence-corrected chi connectivity index (χ1v) is 13.2. The van der Waals surface area contributed by atoms with Gasteiger partial charge in [-0.1, -0.05) is 56.1 Å². The molecule has 40 heavy (non-hydrogen) atoms. The van der Waals surface area contributed by atoms with Crippen molar-refractivity contribution in [1.82, 2.24) is 4.57 Å². The molecule has 0 amide bonds. The molecule has 0 atom stereocenters. The molecule has 0 saturated carbocycles. The maximum absolute atomic E-state index is 5.50. The smallest absolute Gasteiger partial charge is 0.107 e. The molecule has 0 fully saturated rings. The van der Waals surface area contributed by atoms with Gasteiger partial charge in [-0.25, -0.2) is 0 Å². The lowest BCUT2D eigenvalue weighted by atomic mass is 10.1. The van der Waals surface area contributed by atoms with Crippen molar-refractivity contribution < 1.29 is 14.2 Å². The number of anilines is 2. The zero-order chi connectivity index (χ0) is 28.6. The van der Waals surface area contributed by atoms with E-state index in [1.54, 1.807) is 0 Å². The van der Waals surface area contributed by atoms with Crippen LogP contribution in [0.4, 0.5) is 11.4 Å². The molecular weight excluding hydrogens is 502 g/mol. The van der Waals surface area contributed by atoms with E-state index in [1.807, 2.05) is 83.1 Å². The van der Waals surface area contributed by atoms with Crippen LogP contribution in [0.1, 0.15) is 22.5 Å². The monoisotopic (exact) mass is 541 g/mol. The van der Waals surface area contributed by atoms with Gasteiger partial charge in [0.15, 0.2) is 0 Å². The molecule has 0 unspecified atom stereocenters. The molecule has 0 aliphatic rings. The zero-order valence-electron chi connectivity index (χ0n) is 23.5. The fraction of sp³-hybridized carbons (Fsp3) is 0.250. The van der Waals surface area contributed by atoms with Crippen LogP contribution in [0.25, 0.3) is 0 Å². The Balaban J connectivity index is 1.99. The summed E-state index contributed by atoms with van der Waals surface area (Å²) in [4.78, 5) is 0. The van der Waals surface area contributed by atoms with Gasteiger partial charge >= 0.3 is 0 Å². The van der Waals surface area contributed by atoms with Crippen molar-refractivity contribution in [2.24, 2.45) is 10.2 Å². The summed E-state index contributed by atoms with van der Waals surface area (Å²) in [5, 5.41) is 13.6. The Labute approximate surface area is 237 Å². The van der Waals surface area contributed by atoms with Gasteiger partial charge in [-0.2, -0.15) is 10.2 Å². The average molecular weight is 542 g/mol. The summed E-state index contributed by atoms with van der Waals surface area (Å²) in [5.41, 5.74) is 6.10. The van der Waals surface area contributed by atoms with E-state index in [2.05, 4.69) is 38.2 Å². The summed E-state index contributed by atoms with van der Waals surface area (Å²) in [6, 6.07) is 20.0. The van der Waals surface area contributed by atoms with Gasteiger partial charge in [-0.05, 0) is 49.2 Å². The average Bonchev–Trinajstić information content (AvgIpc) is 3.21. The number of hydrogen-bond donors (Lipinski definition) is 0. The van der Waals surface area contributed by atoms with Crippen molar-refractivity contribution in [3.8, 4) is 0 Å². The Morgan fingerprint density at radius 2 is 1.05 bits per heavy atom. The molecule has 8 heteroatoms. The van der Waals surface area contributed by atoms with Gasteiger partial charge in [-0.3, -0.25) is 10.0 Å². The van der Waals surface area contributed by atoms with Crippen molar-refractivity contribution >= 4 is 23.8 Å². The van der Waals surface area contributed by atoms with E-state index in [-0.39, 0.29) is 0 Å². The molecule has 1 heterocycles. The summed E-state index contributed by atoms with van der Waals surface area (Å²) in [6.45, 7) is 18.3. The quantitative estimate of drug-likeness (QED) is 0.0823. The molecular formula is C32H39N5O3. The molecule has 210 valence electrons. The van der Waals surface area contributed by atoms with Crippen LogP contribution in [0.2, 0.25) is 0 Å². The Morgan fingerprint density at radius 3 is 1.45 bits per heavy atom. The van der Waals surface area contributed by atoms with Crippen molar-refractivity contribution in [2.75, 3.05) is 42.9 Å². The van der Waals surface area contributed by atoms with Crippen LogP contribution in [0, 0.1) is 13.8 Å². The first-order valence-electron chi connectivity index (χ1n) is 13.2. The van der Waals surface area contributed by atoms with Gasteiger partial charge in [0.25, 0.3) is 0 Å². The fourth-order valence-electron chi connectivity index (χ4n) is 4.12. The highest BCUT2D eigenvalue weighted by Crippen LogP contribution is 2.22. The largest absolute Gasteiger partial charge is 0.500 e. The highest BCUT2D eigenvalue weighted by atomic mass is 16.5. The van der Waals surface area contributed by atoms with E-state index in [9.17, 15) is 0 Å². The topological polar surface area (TPSA) is 63.8 Å². The molecule has 0 N–H and O–H groups in total. The number of rotatable bonds is 18. The van der Waals surface area contributed by atoms with E-state index >= 15 is 0 Å². The number of aromatic nitrogens is 1. The summed E-state index contributed by atoms with van der Waals surface area (Å²) in [6.07, 6.45) is 8.12. The van der Waals surface area contributed by atoms with E-state index in [4.69, 9.17) is 24.4 Å². The molecule has 0 aliphatic heterocycles. The number of hydrogen-bond acceptors (Lipinski definition) is 7. The molecule has 8 nitrogen and oxygen atoms in total. The van der Waals surface area contributed by atoms with Gasteiger partial charge in [0.1, 0.15) is 19.8 Å². The van der Waals surface area contributed by atoms with Crippen LogP contribution in [-0.2, 0) is 20.8 Å². The Morgan fingerprint density at radius 1 is 0.650 bits per heavy atom. The second kappa shape index (κ2) is 16.3. The van der Waals surface area contributed by atoms with E-state index in [0.29, 0.717) is 39.5 Å².